The molecule has 2 aliphatic heterocycles. The quantitative estimate of drug-likeness (QED) is 0.658. The Morgan fingerprint density at radius 3 is 3.33 bits per heavy atom. The van der Waals surface area contributed by atoms with Gasteiger partial charge in [0, 0.05) is 32.8 Å². The SMILES string of the molecule is COCCNCC1CN2CCCC2CO1. The summed E-state index contributed by atoms with van der Waals surface area (Å²) in [6.07, 6.45) is 3.04. The Labute approximate surface area is 91.9 Å². The van der Waals surface area contributed by atoms with Gasteiger partial charge in [0.1, 0.15) is 0 Å². The van der Waals surface area contributed by atoms with Gasteiger partial charge in [0.2, 0.25) is 0 Å². The molecule has 88 valence electrons. The highest BCUT2D eigenvalue weighted by molar-refractivity contribution is 4.85. The molecule has 0 amide bonds. The summed E-state index contributed by atoms with van der Waals surface area (Å²) in [5.74, 6) is 0. The van der Waals surface area contributed by atoms with Crippen LogP contribution in [-0.4, -0.2) is 63.5 Å². The maximum Gasteiger partial charge on any atom is 0.0827 e. The zero-order valence-corrected chi connectivity index (χ0v) is 9.58. The monoisotopic (exact) mass is 214 g/mol. The second-order valence-electron chi connectivity index (χ2n) is 4.44. The smallest absolute Gasteiger partial charge is 0.0827 e. The van der Waals surface area contributed by atoms with Crippen LogP contribution in [0.4, 0.5) is 0 Å². The van der Waals surface area contributed by atoms with Crippen LogP contribution in [0.5, 0.6) is 0 Å². The summed E-state index contributed by atoms with van der Waals surface area (Å²) in [7, 11) is 1.73. The lowest BCUT2D eigenvalue weighted by atomic mass is 10.2. The number of methoxy groups -OCH3 is 1. The van der Waals surface area contributed by atoms with Gasteiger partial charge in [-0.1, -0.05) is 0 Å². The van der Waals surface area contributed by atoms with Crippen LogP contribution in [0, 0.1) is 0 Å². The van der Waals surface area contributed by atoms with E-state index in [-0.39, 0.29) is 0 Å². The number of rotatable bonds is 5. The van der Waals surface area contributed by atoms with Gasteiger partial charge < -0.3 is 14.8 Å². The summed E-state index contributed by atoms with van der Waals surface area (Å²) >= 11 is 0. The maximum absolute atomic E-state index is 5.83. The fourth-order valence-corrected chi connectivity index (χ4v) is 2.45. The molecule has 0 aliphatic carbocycles. The van der Waals surface area contributed by atoms with Crippen LogP contribution in [0.1, 0.15) is 12.8 Å². The molecular formula is C11H22N2O2. The highest BCUT2D eigenvalue weighted by Crippen LogP contribution is 2.22. The molecule has 2 saturated heterocycles. The summed E-state index contributed by atoms with van der Waals surface area (Å²) in [6, 6.07) is 0.709. The fourth-order valence-electron chi connectivity index (χ4n) is 2.45. The minimum absolute atomic E-state index is 0.371. The molecule has 0 radical (unpaired) electrons. The second-order valence-corrected chi connectivity index (χ2v) is 4.44. The molecule has 2 heterocycles. The third-order valence-corrected chi connectivity index (χ3v) is 3.32. The first-order valence-corrected chi connectivity index (χ1v) is 5.95. The molecule has 2 unspecified atom stereocenters. The third kappa shape index (κ3) is 3.14. The van der Waals surface area contributed by atoms with E-state index in [9.17, 15) is 0 Å². The van der Waals surface area contributed by atoms with Gasteiger partial charge in [-0.05, 0) is 19.4 Å². The van der Waals surface area contributed by atoms with Crippen molar-refractivity contribution < 1.29 is 9.47 Å². The Kier molecular flexibility index (Phi) is 4.38. The van der Waals surface area contributed by atoms with Gasteiger partial charge in [-0.15, -0.1) is 0 Å². The molecule has 4 nitrogen and oxygen atoms in total. The first-order valence-electron chi connectivity index (χ1n) is 5.95. The molecule has 0 bridgehead atoms. The molecule has 0 saturated carbocycles. The van der Waals surface area contributed by atoms with Gasteiger partial charge in [0.05, 0.1) is 19.3 Å². The number of ether oxygens (including phenoxy) is 2. The number of hydrogen-bond acceptors (Lipinski definition) is 4. The van der Waals surface area contributed by atoms with Gasteiger partial charge in [-0.25, -0.2) is 0 Å². The normalized spacial score (nSPS) is 31.8. The summed E-state index contributed by atoms with van der Waals surface area (Å²) in [4.78, 5) is 2.58. The Morgan fingerprint density at radius 2 is 2.47 bits per heavy atom. The van der Waals surface area contributed by atoms with E-state index in [1.54, 1.807) is 7.11 Å². The third-order valence-electron chi connectivity index (χ3n) is 3.32. The van der Waals surface area contributed by atoms with Crippen molar-refractivity contribution in [2.24, 2.45) is 0 Å². The molecule has 0 spiro atoms. The van der Waals surface area contributed by atoms with Crippen molar-refractivity contribution in [2.45, 2.75) is 25.0 Å². The first kappa shape index (κ1) is 11.3. The van der Waals surface area contributed by atoms with Crippen molar-refractivity contribution in [3.05, 3.63) is 0 Å². The van der Waals surface area contributed by atoms with Crippen LogP contribution in [0.2, 0.25) is 0 Å². The number of fused-ring (bicyclic) bond motifs is 1. The van der Waals surface area contributed by atoms with Crippen LogP contribution in [0.15, 0.2) is 0 Å². The lowest BCUT2D eigenvalue weighted by Crippen LogP contribution is -2.49. The summed E-state index contributed by atoms with van der Waals surface area (Å²) < 4.78 is 10.8. The average Bonchev–Trinajstić information content (AvgIpc) is 2.71. The van der Waals surface area contributed by atoms with E-state index in [0.717, 1.165) is 32.8 Å². The van der Waals surface area contributed by atoms with Crippen LogP contribution >= 0.6 is 0 Å². The molecule has 0 aromatic rings. The Bertz CT molecular complexity index is 189. The van der Waals surface area contributed by atoms with E-state index >= 15 is 0 Å². The zero-order valence-electron chi connectivity index (χ0n) is 9.58. The highest BCUT2D eigenvalue weighted by atomic mass is 16.5. The molecule has 2 fully saturated rings. The van der Waals surface area contributed by atoms with Crippen LogP contribution in [0.25, 0.3) is 0 Å². The van der Waals surface area contributed by atoms with Crippen molar-refractivity contribution in [1.82, 2.24) is 10.2 Å². The van der Waals surface area contributed by atoms with Crippen molar-refractivity contribution >= 4 is 0 Å². The molecule has 2 rings (SSSR count). The van der Waals surface area contributed by atoms with Crippen molar-refractivity contribution in [3.8, 4) is 0 Å². The van der Waals surface area contributed by atoms with E-state index in [1.165, 1.54) is 19.4 Å². The lowest BCUT2D eigenvalue weighted by Gasteiger charge is -2.35. The predicted octanol–water partition coefficient (Wildman–Crippen LogP) is 0.0856. The molecule has 4 heteroatoms. The van der Waals surface area contributed by atoms with E-state index < -0.39 is 0 Å². The van der Waals surface area contributed by atoms with E-state index in [0.29, 0.717) is 12.1 Å². The van der Waals surface area contributed by atoms with Crippen molar-refractivity contribution in [1.29, 1.82) is 0 Å². The summed E-state index contributed by atoms with van der Waals surface area (Å²) in [5.41, 5.74) is 0. The topological polar surface area (TPSA) is 33.7 Å². The van der Waals surface area contributed by atoms with Gasteiger partial charge in [-0.3, -0.25) is 4.90 Å². The summed E-state index contributed by atoms with van der Waals surface area (Å²) in [6.45, 7) is 5.94. The number of nitrogens with one attached hydrogen (secondary N) is 1. The van der Waals surface area contributed by atoms with E-state index in [1.807, 2.05) is 0 Å². The molecule has 0 aromatic heterocycles. The van der Waals surface area contributed by atoms with Crippen molar-refractivity contribution in [3.63, 3.8) is 0 Å². The number of morpholine rings is 1. The number of hydrogen-bond donors (Lipinski definition) is 1. The Morgan fingerprint density at radius 1 is 1.53 bits per heavy atom. The Hall–Kier alpha value is -0.160. The van der Waals surface area contributed by atoms with Crippen LogP contribution < -0.4 is 5.32 Å². The first-order chi connectivity index (χ1) is 7.40. The fraction of sp³-hybridized carbons (Fsp3) is 1.00. The minimum Gasteiger partial charge on any atom is -0.383 e. The van der Waals surface area contributed by atoms with Crippen LogP contribution in [-0.2, 0) is 9.47 Å². The standard InChI is InChI=1S/C11H22N2O2/c1-14-6-4-12-7-11-8-13-5-2-3-10(13)9-15-11/h10-12H,2-9H2,1H3. The highest BCUT2D eigenvalue weighted by Gasteiger charge is 2.31. The molecule has 0 aromatic carbocycles. The minimum atomic E-state index is 0.371. The van der Waals surface area contributed by atoms with Gasteiger partial charge in [0.15, 0.2) is 0 Å². The van der Waals surface area contributed by atoms with Gasteiger partial charge in [-0.2, -0.15) is 0 Å². The molecule has 15 heavy (non-hydrogen) atoms. The second kappa shape index (κ2) is 5.80. The molecular weight excluding hydrogens is 192 g/mol. The summed E-state index contributed by atoms with van der Waals surface area (Å²) in [5, 5.41) is 3.36. The van der Waals surface area contributed by atoms with Crippen molar-refractivity contribution in [2.75, 3.05) is 46.5 Å². The van der Waals surface area contributed by atoms with Gasteiger partial charge >= 0.3 is 0 Å². The predicted molar refractivity (Wildman–Crippen MR) is 59.1 cm³/mol. The van der Waals surface area contributed by atoms with Crippen LogP contribution in [0.3, 0.4) is 0 Å². The number of nitrogens with zero attached hydrogens (tertiary/aromatic N) is 1. The molecule has 2 aliphatic rings. The zero-order chi connectivity index (χ0) is 10.5. The molecule has 2 atom stereocenters. The van der Waals surface area contributed by atoms with E-state index in [4.69, 9.17) is 9.47 Å². The maximum atomic E-state index is 5.83. The average molecular weight is 214 g/mol. The van der Waals surface area contributed by atoms with E-state index in [2.05, 4.69) is 10.2 Å². The van der Waals surface area contributed by atoms with Gasteiger partial charge in [0.25, 0.3) is 0 Å². The lowest BCUT2D eigenvalue weighted by molar-refractivity contribution is -0.0471. The Balaban J connectivity index is 1.62. The largest absolute Gasteiger partial charge is 0.383 e. The molecule has 1 N–H and O–H groups in total.